The maximum absolute atomic E-state index is 5.70. The van der Waals surface area contributed by atoms with Crippen molar-refractivity contribution in [3.63, 3.8) is 0 Å². The summed E-state index contributed by atoms with van der Waals surface area (Å²) in [6, 6.07) is 2.67. The normalized spacial score (nSPS) is 20.6. The molecule has 0 amide bonds. The highest BCUT2D eigenvalue weighted by atomic mass is 79.9. The fourth-order valence-corrected chi connectivity index (χ4v) is 3.09. The standard InChI is InChI=1S/C15H23BrN2O/c1-2-18-14(5-6-15-4-3-7-19-15)9-12-8-13(16)11-17-10-12/h8,10-11,14-15,18H,2-7,9H2,1H3. The molecule has 0 aromatic carbocycles. The lowest BCUT2D eigenvalue weighted by Crippen LogP contribution is -2.32. The molecule has 3 nitrogen and oxygen atoms in total. The fraction of sp³-hybridized carbons (Fsp3) is 0.667. The summed E-state index contributed by atoms with van der Waals surface area (Å²) in [6.45, 7) is 4.13. The Morgan fingerprint density at radius 2 is 2.42 bits per heavy atom. The molecule has 0 radical (unpaired) electrons. The Hall–Kier alpha value is -0.450. The Kier molecular flexibility index (Phi) is 6.28. The molecule has 2 rings (SSSR count). The number of ether oxygens (including phenoxy) is 1. The van der Waals surface area contributed by atoms with Gasteiger partial charge < -0.3 is 10.1 Å². The number of hydrogen-bond acceptors (Lipinski definition) is 3. The quantitative estimate of drug-likeness (QED) is 0.834. The van der Waals surface area contributed by atoms with Crippen LogP contribution in [0.1, 0.15) is 38.2 Å². The van der Waals surface area contributed by atoms with Crippen LogP contribution in [-0.4, -0.2) is 30.3 Å². The molecular weight excluding hydrogens is 304 g/mol. The Bertz CT molecular complexity index is 380. The summed E-state index contributed by atoms with van der Waals surface area (Å²) in [7, 11) is 0. The highest BCUT2D eigenvalue weighted by Gasteiger charge is 2.17. The topological polar surface area (TPSA) is 34.1 Å². The first kappa shape index (κ1) is 14.9. The van der Waals surface area contributed by atoms with Crippen LogP contribution in [0.25, 0.3) is 0 Å². The molecule has 1 aromatic heterocycles. The molecule has 0 aliphatic carbocycles. The first-order valence-electron chi connectivity index (χ1n) is 7.22. The fourth-order valence-electron chi connectivity index (χ4n) is 2.68. The van der Waals surface area contributed by atoms with Crippen molar-refractivity contribution in [1.82, 2.24) is 10.3 Å². The average Bonchev–Trinajstić information content (AvgIpc) is 2.89. The van der Waals surface area contributed by atoms with Crippen LogP contribution in [0.3, 0.4) is 0 Å². The largest absolute Gasteiger partial charge is 0.378 e. The van der Waals surface area contributed by atoms with E-state index in [1.165, 1.54) is 31.2 Å². The molecule has 2 unspecified atom stereocenters. The van der Waals surface area contributed by atoms with Crippen LogP contribution in [-0.2, 0) is 11.2 Å². The van der Waals surface area contributed by atoms with Gasteiger partial charge in [-0.05, 0) is 66.2 Å². The van der Waals surface area contributed by atoms with Gasteiger partial charge in [-0.15, -0.1) is 0 Å². The second-order valence-corrected chi connectivity index (χ2v) is 6.10. The minimum atomic E-state index is 0.488. The first-order valence-corrected chi connectivity index (χ1v) is 8.01. The van der Waals surface area contributed by atoms with E-state index in [1.54, 1.807) is 0 Å². The second kappa shape index (κ2) is 7.98. The summed E-state index contributed by atoms with van der Waals surface area (Å²) in [5.74, 6) is 0. The Morgan fingerprint density at radius 3 is 3.11 bits per heavy atom. The van der Waals surface area contributed by atoms with Crippen molar-refractivity contribution < 1.29 is 4.74 Å². The summed E-state index contributed by atoms with van der Waals surface area (Å²) in [6.07, 6.45) is 10.1. The molecule has 1 aliphatic heterocycles. The third-order valence-corrected chi connectivity index (χ3v) is 4.03. The number of pyridine rings is 1. The zero-order chi connectivity index (χ0) is 13.5. The van der Waals surface area contributed by atoms with Crippen molar-refractivity contribution in [2.45, 2.75) is 51.2 Å². The predicted molar refractivity (Wildman–Crippen MR) is 81.3 cm³/mol. The first-order chi connectivity index (χ1) is 9.28. The Labute approximate surface area is 124 Å². The lowest BCUT2D eigenvalue weighted by molar-refractivity contribution is 0.0996. The van der Waals surface area contributed by atoms with Gasteiger partial charge in [0.05, 0.1) is 6.10 Å². The van der Waals surface area contributed by atoms with Crippen molar-refractivity contribution in [1.29, 1.82) is 0 Å². The zero-order valence-electron chi connectivity index (χ0n) is 11.6. The van der Waals surface area contributed by atoms with Gasteiger partial charge in [0, 0.05) is 29.5 Å². The second-order valence-electron chi connectivity index (χ2n) is 5.18. The van der Waals surface area contributed by atoms with E-state index in [0.717, 1.165) is 24.0 Å². The summed E-state index contributed by atoms with van der Waals surface area (Å²) in [5.41, 5.74) is 1.28. The number of nitrogens with zero attached hydrogens (tertiary/aromatic N) is 1. The number of rotatable bonds is 7. The van der Waals surface area contributed by atoms with Gasteiger partial charge in [0.1, 0.15) is 0 Å². The maximum Gasteiger partial charge on any atom is 0.0576 e. The van der Waals surface area contributed by atoms with Gasteiger partial charge in [-0.25, -0.2) is 0 Å². The van der Waals surface area contributed by atoms with Gasteiger partial charge >= 0.3 is 0 Å². The third kappa shape index (κ3) is 5.21. The van der Waals surface area contributed by atoms with Gasteiger partial charge in [-0.1, -0.05) is 6.92 Å². The molecule has 1 aromatic rings. The SMILES string of the molecule is CCNC(CCC1CCCO1)Cc1cncc(Br)c1. The van der Waals surface area contributed by atoms with Crippen molar-refractivity contribution in [3.05, 3.63) is 28.5 Å². The minimum Gasteiger partial charge on any atom is -0.378 e. The zero-order valence-corrected chi connectivity index (χ0v) is 13.2. The van der Waals surface area contributed by atoms with E-state index in [1.807, 2.05) is 12.4 Å². The number of aromatic nitrogens is 1. The van der Waals surface area contributed by atoms with E-state index in [2.05, 4.69) is 39.2 Å². The summed E-state index contributed by atoms with van der Waals surface area (Å²) < 4.78 is 6.76. The van der Waals surface area contributed by atoms with E-state index in [0.29, 0.717) is 12.1 Å². The van der Waals surface area contributed by atoms with Crippen LogP contribution in [0, 0.1) is 0 Å². The van der Waals surface area contributed by atoms with Crippen molar-refractivity contribution in [2.75, 3.05) is 13.2 Å². The molecule has 0 saturated carbocycles. The van der Waals surface area contributed by atoms with Crippen molar-refractivity contribution >= 4 is 15.9 Å². The van der Waals surface area contributed by atoms with Crippen molar-refractivity contribution in [3.8, 4) is 0 Å². The number of halogens is 1. The lowest BCUT2D eigenvalue weighted by atomic mass is 10.00. The molecule has 1 fully saturated rings. The molecule has 2 atom stereocenters. The molecule has 2 heterocycles. The van der Waals surface area contributed by atoms with Gasteiger partial charge in [-0.3, -0.25) is 4.98 Å². The summed E-state index contributed by atoms with van der Waals surface area (Å²) in [4.78, 5) is 4.24. The monoisotopic (exact) mass is 326 g/mol. The number of nitrogens with one attached hydrogen (secondary N) is 1. The van der Waals surface area contributed by atoms with Crippen LogP contribution < -0.4 is 5.32 Å². The molecular formula is C15H23BrN2O. The number of hydrogen-bond donors (Lipinski definition) is 1. The molecule has 0 bridgehead atoms. The van der Waals surface area contributed by atoms with Crippen LogP contribution in [0.4, 0.5) is 0 Å². The molecule has 19 heavy (non-hydrogen) atoms. The van der Waals surface area contributed by atoms with Gasteiger partial charge in [-0.2, -0.15) is 0 Å². The third-order valence-electron chi connectivity index (χ3n) is 3.60. The van der Waals surface area contributed by atoms with E-state index in [-0.39, 0.29) is 0 Å². The maximum atomic E-state index is 5.70. The van der Waals surface area contributed by atoms with E-state index in [9.17, 15) is 0 Å². The molecule has 1 aliphatic rings. The Balaban J connectivity index is 1.84. The average molecular weight is 327 g/mol. The molecule has 0 spiro atoms. The van der Waals surface area contributed by atoms with Gasteiger partial charge in [0.15, 0.2) is 0 Å². The van der Waals surface area contributed by atoms with Gasteiger partial charge in [0.25, 0.3) is 0 Å². The van der Waals surface area contributed by atoms with Crippen molar-refractivity contribution in [2.24, 2.45) is 0 Å². The molecule has 1 saturated heterocycles. The van der Waals surface area contributed by atoms with E-state index in [4.69, 9.17) is 4.74 Å². The highest BCUT2D eigenvalue weighted by Crippen LogP contribution is 2.19. The van der Waals surface area contributed by atoms with Crippen LogP contribution >= 0.6 is 15.9 Å². The van der Waals surface area contributed by atoms with Crippen LogP contribution in [0.5, 0.6) is 0 Å². The Morgan fingerprint density at radius 1 is 1.53 bits per heavy atom. The molecule has 4 heteroatoms. The smallest absolute Gasteiger partial charge is 0.0576 e. The van der Waals surface area contributed by atoms with Crippen LogP contribution in [0.2, 0.25) is 0 Å². The lowest BCUT2D eigenvalue weighted by Gasteiger charge is -2.19. The summed E-state index contributed by atoms with van der Waals surface area (Å²) in [5, 5.41) is 3.58. The van der Waals surface area contributed by atoms with Crippen LogP contribution in [0.15, 0.2) is 22.9 Å². The van der Waals surface area contributed by atoms with E-state index >= 15 is 0 Å². The van der Waals surface area contributed by atoms with Gasteiger partial charge in [0.2, 0.25) is 0 Å². The predicted octanol–water partition coefficient (Wildman–Crippen LogP) is 3.32. The summed E-state index contributed by atoms with van der Waals surface area (Å²) >= 11 is 3.48. The van der Waals surface area contributed by atoms with E-state index < -0.39 is 0 Å². The molecule has 1 N–H and O–H groups in total. The minimum absolute atomic E-state index is 0.488. The number of likely N-dealkylation sites (N-methyl/N-ethyl adjacent to an activating group) is 1. The highest BCUT2D eigenvalue weighted by molar-refractivity contribution is 9.10. The molecule has 106 valence electrons.